The summed E-state index contributed by atoms with van der Waals surface area (Å²) in [6, 6.07) is 0. The zero-order valence-electron chi connectivity index (χ0n) is 7.35. The molecule has 0 aromatic rings. The highest BCUT2D eigenvalue weighted by atomic mass is 16.5. The Morgan fingerprint density at radius 2 is 2.00 bits per heavy atom. The monoisotopic (exact) mass is 156 g/mol. The number of Topliss-reactive ketones (excluding diaryl/α,β-unsaturated/α-hetero) is 1. The second-order valence-corrected chi connectivity index (χ2v) is 3.45. The van der Waals surface area contributed by atoms with E-state index in [0.717, 1.165) is 26.1 Å². The van der Waals surface area contributed by atoms with Gasteiger partial charge in [-0.3, -0.25) is 4.79 Å². The van der Waals surface area contributed by atoms with Crippen molar-refractivity contribution in [2.45, 2.75) is 33.1 Å². The number of carbonyl (C=O) groups excluding carboxylic acids is 1. The quantitative estimate of drug-likeness (QED) is 0.609. The molecule has 0 aromatic carbocycles. The molecule has 1 aliphatic heterocycles. The molecule has 0 spiro atoms. The Bertz CT molecular complexity index is 146. The first-order chi connectivity index (χ1) is 5.19. The van der Waals surface area contributed by atoms with Crippen LogP contribution in [0.3, 0.4) is 0 Å². The molecule has 0 aromatic heterocycles. The van der Waals surface area contributed by atoms with Crippen molar-refractivity contribution in [1.29, 1.82) is 0 Å². The Morgan fingerprint density at radius 1 is 1.45 bits per heavy atom. The Labute approximate surface area is 67.9 Å². The highest BCUT2D eigenvalue weighted by Gasteiger charge is 2.33. The predicted octanol–water partition coefficient (Wildman–Crippen LogP) is 1.78. The molecule has 1 heterocycles. The molecule has 2 heteroatoms. The molecule has 1 fully saturated rings. The average molecular weight is 156 g/mol. The van der Waals surface area contributed by atoms with Crippen molar-refractivity contribution in [3.8, 4) is 0 Å². The van der Waals surface area contributed by atoms with Crippen molar-refractivity contribution >= 4 is 5.78 Å². The Balaban J connectivity index is 2.56. The van der Waals surface area contributed by atoms with E-state index in [1.165, 1.54) is 0 Å². The fraction of sp³-hybridized carbons (Fsp3) is 0.889. The van der Waals surface area contributed by atoms with Gasteiger partial charge in [0.2, 0.25) is 0 Å². The lowest BCUT2D eigenvalue weighted by atomic mass is 9.77. The van der Waals surface area contributed by atoms with E-state index in [9.17, 15) is 4.79 Å². The van der Waals surface area contributed by atoms with Gasteiger partial charge in [0.15, 0.2) is 0 Å². The van der Waals surface area contributed by atoms with Crippen molar-refractivity contribution in [3.05, 3.63) is 0 Å². The van der Waals surface area contributed by atoms with E-state index in [0.29, 0.717) is 12.2 Å². The number of carbonyl (C=O) groups is 1. The molecule has 0 bridgehead atoms. The molecule has 1 rings (SSSR count). The minimum atomic E-state index is -0.0764. The predicted molar refractivity (Wildman–Crippen MR) is 43.5 cm³/mol. The van der Waals surface area contributed by atoms with Crippen LogP contribution in [0.4, 0.5) is 0 Å². The van der Waals surface area contributed by atoms with E-state index in [1.54, 1.807) is 0 Å². The molecule has 0 amide bonds. The summed E-state index contributed by atoms with van der Waals surface area (Å²) < 4.78 is 5.21. The average Bonchev–Trinajstić information content (AvgIpc) is 2.04. The molecule has 0 unspecified atom stereocenters. The molecule has 11 heavy (non-hydrogen) atoms. The first-order valence-corrected chi connectivity index (χ1v) is 4.30. The summed E-state index contributed by atoms with van der Waals surface area (Å²) in [6.45, 7) is 5.49. The molecule has 0 N–H and O–H groups in total. The molecule has 0 radical (unpaired) electrons. The fourth-order valence-electron chi connectivity index (χ4n) is 1.53. The van der Waals surface area contributed by atoms with E-state index >= 15 is 0 Å². The molecular weight excluding hydrogens is 140 g/mol. The van der Waals surface area contributed by atoms with Gasteiger partial charge in [-0.2, -0.15) is 0 Å². The maximum Gasteiger partial charge on any atom is 0.138 e. The molecule has 1 aliphatic rings. The second-order valence-electron chi connectivity index (χ2n) is 3.45. The van der Waals surface area contributed by atoms with Crippen LogP contribution in [0.1, 0.15) is 33.1 Å². The largest absolute Gasteiger partial charge is 0.381 e. The van der Waals surface area contributed by atoms with Gasteiger partial charge >= 0.3 is 0 Å². The van der Waals surface area contributed by atoms with Crippen molar-refractivity contribution in [1.82, 2.24) is 0 Å². The topological polar surface area (TPSA) is 26.3 Å². The van der Waals surface area contributed by atoms with Crippen LogP contribution in [0.15, 0.2) is 0 Å². The van der Waals surface area contributed by atoms with Gasteiger partial charge < -0.3 is 4.74 Å². The first-order valence-electron chi connectivity index (χ1n) is 4.30. The SMILES string of the molecule is CCC(=O)C1(C)CCOCC1. The summed E-state index contributed by atoms with van der Waals surface area (Å²) in [5.74, 6) is 0.390. The zero-order valence-corrected chi connectivity index (χ0v) is 7.35. The van der Waals surface area contributed by atoms with Gasteiger partial charge in [0, 0.05) is 25.0 Å². The minimum Gasteiger partial charge on any atom is -0.381 e. The van der Waals surface area contributed by atoms with Crippen LogP contribution < -0.4 is 0 Å². The maximum atomic E-state index is 11.4. The van der Waals surface area contributed by atoms with Gasteiger partial charge in [-0.05, 0) is 12.8 Å². The van der Waals surface area contributed by atoms with Crippen molar-refractivity contribution in [2.24, 2.45) is 5.41 Å². The number of hydrogen-bond donors (Lipinski definition) is 0. The van der Waals surface area contributed by atoms with Crippen molar-refractivity contribution in [3.63, 3.8) is 0 Å². The summed E-state index contributed by atoms with van der Waals surface area (Å²) in [5, 5.41) is 0. The third kappa shape index (κ3) is 1.80. The normalized spacial score (nSPS) is 23.1. The lowest BCUT2D eigenvalue weighted by molar-refractivity contribution is -0.132. The summed E-state index contributed by atoms with van der Waals surface area (Å²) in [5.41, 5.74) is -0.0764. The van der Waals surface area contributed by atoms with Gasteiger partial charge in [0.05, 0.1) is 0 Å². The summed E-state index contributed by atoms with van der Waals surface area (Å²) in [7, 11) is 0. The molecule has 0 saturated carbocycles. The molecule has 1 saturated heterocycles. The fourth-order valence-corrected chi connectivity index (χ4v) is 1.53. The van der Waals surface area contributed by atoms with Crippen molar-refractivity contribution < 1.29 is 9.53 Å². The Hall–Kier alpha value is -0.370. The lowest BCUT2D eigenvalue weighted by Gasteiger charge is -2.31. The maximum absolute atomic E-state index is 11.4. The minimum absolute atomic E-state index is 0.0764. The van der Waals surface area contributed by atoms with Crippen LogP contribution in [0.2, 0.25) is 0 Å². The number of ketones is 1. The molecule has 0 atom stereocenters. The third-order valence-corrected chi connectivity index (χ3v) is 2.59. The van der Waals surface area contributed by atoms with E-state index < -0.39 is 0 Å². The summed E-state index contributed by atoms with van der Waals surface area (Å²) in [6.07, 6.45) is 2.47. The first kappa shape index (κ1) is 8.72. The standard InChI is InChI=1S/C9H16O2/c1-3-8(10)9(2)4-6-11-7-5-9/h3-7H2,1-2H3. The second kappa shape index (κ2) is 3.35. The van der Waals surface area contributed by atoms with Crippen LogP contribution >= 0.6 is 0 Å². The highest BCUT2D eigenvalue weighted by Crippen LogP contribution is 2.31. The smallest absolute Gasteiger partial charge is 0.138 e. The molecule has 0 aliphatic carbocycles. The molecule has 64 valence electrons. The third-order valence-electron chi connectivity index (χ3n) is 2.59. The van der Waals surface area contributed by atoms with Crippen LogP contribution in [0.5, 0.6) is 0 Å². The number of hydrogen-bond acceptors (Lipinski definition) is 2. The molecular formula is C9H16O2. The van der Waals surface area contributed by atoms with E-state index in [2.05, 4.69) is 6.92 Å². The number of rotatable bonds is 2. The Morgan fingerprint density at radius 3 is 2.45 bits per heavy atom. The van der Waals surface area contributed by atoms with E-state index in [-0.39, 0.29) is 5.41 Å². The van der Waals surface area contributed by atoms with E-state index in [4.69, 9.17) is 4.74 Å². The summed E-state index contributed by atoms with van der Waals surface area (Å²) >= 11 is 0. The molecule has 2 nitrogen and oxygen atoms in total. The Kier molecular flexibility index (Phi) is 2.66. The number of ether oxygens (including phenoxy) is 1. The van der Waals surface area contributed by atoms with Crippen LogP contribution in [0.25, 0.3) is 0 Å². The lowest BCUT2D eigenvalue weighted by Crippen LogP contribution is -2.33. The van der Waals surface area contributed by atoms with Crippen LogP contribution in [-0.2, 0) is 9.53 Å². The highest BCUT2D eigenvalue weighted by molar-refractivity contribution is 5.84. The van der Waals surface area contributed by atoms with Gasteiger partial charge in [-0.15, -0.1) is 0 Å². The van der Waals surface area contributed by atoms with Gasteiger partial charge in [0.25, 0.3) is 0 Å². The summed E-state index contributed by atoms with van der Waals surface area (Å²) in [4.78, 5) is 11.4. The van der Waals surface area contributed by atoms with Crippen LogP contribution in [-0.4, -0.2) is 19.0 Å². The van der Waals surface area contributed by atoms with Gasteiger partial charge in [0.1, 0.15) is 5.78 Å². The van der Waals surface area contributed by atoms with E-state index in [1.807, 2.05) is 6.92 Å². The zero-order chi connectivity index (χ0) is 8.32. The van der Waals surface area contributed by atoms with Crippen molar-refractivity contribution in [2.75, 3.05) is 13.2 Å². The van der Waals surface area contributed by atoms with Gasteiger partial charge in [-0.25, -0.2) is 0 Å². The van der Waals surface area contributed by atoms with Crippen LogP contribution in [0, 0.1) is 5.41 Å². The van der Waals surface area contributed by atoms with Gasteiger partial charge in [-0.1, -0.05) is 13.8 Å².